The minimum absolute atomic E-state index is 0.0376. The Morgan fingerprint density at radius 3 is 2.32 bits per heavy atom. The minimum Gasteiger partial charge on any atom is -0.334 e. The third kappa shape index (κ3) is 3.51. The molecule has 134 valence electrons. The highest BCUT2D eigenvalue weighted by Crippen LogP contribution is 2.34. The van der Waals surface area contributed by atoms with Crippen molar-refractivity contribution in [2.75, 3.05) is 33.2 Å². The van der Waals surface area contributed by atoms with Crippen LogP contribution in [0, 0.1) is 5.82 Å². The fourth-order valence-electron chi connectivity index (χ4n) is 2.82. The molecule has 1 N–H and O–H groups in total. The van der Waals surface area contributed by atoms with Crippen molar-refractivity contribution in [3.63, 3.8) is 0 Å². The Hall–Kier alpha value is -2.42. The predicted molar refractivity (Wildman–Crippen MR) is 81.0 cm³/mol. The molecule has 2 aromatic rings. The molecule has 25 heavy (non-hydrogen) atoms. The Labute approximate surface area is 141 Å². The summed E-state index contributed by atoms with van der Waals surface area (Å²) in [7, 11) is 1.97. The van der Waals surface area contributed by atoms with E-state index in [0.29, 0.717) is 30.9 Å². The van der Waals surface area contributed by atoms with Gasteiger partial charge in [-0.05, 0) is 24.3 Å². The van der Waals surface area contributed by atoms with Gasteiger partial charge in [0.2, 0.25) is 0 Å². The molecule has 9 heteroatoms. The average Bonchev–Trinajstić information content (AvgIpc) is 3.01. The zero-order valence-corrected chi connectivity index (χ0v) is 13.5. The van der Waals surface area contributed by atoms with Gasteiger partial charge in [0.1, 0.15) is 5.82 Å². The van der Waals surface area contributed by atoms with Crippen molar-refractivity contribution < 1.29 is 27.3 Å². The number of aromatic nitrogens is 2. The van der Waals surface area contributed by atoms with E-state index in [1.165, 1.54) is 21.9 Å². The number of halogens is 4. The number of amides is 1. The Morgan fingerprint density at radius 1 is 1.16 bits per heavy atom. The number of benzene rings is 1. The molecule has 0 atom stereocenters. The first kappa shape index (κ1) is 17.4. The number of likely N-dealkylation sites (N-methyl/N-ethyl adjacent to an activating group) is 1. The molecule has 0 saturated carbocycles. The lowest BCUT2D eigenvalue weighted by Gasteiger charge is -2.30. The summed E-state index contributed by atoms with van der Waals surface area (Å²) in [4.78, 5) is 15.2. The second-order valence-corrected chi connectivity index (χ2v) is 6.04. The van der Waals surface area contributed by atoms with Crippen molar-refractivity contribution in [3.8, 4) is 5.69 Å². The quantitative estimate of drug-likeness (QED) is 0.815. The maximum Gasteiger partial charge on any atom is 0.434 e. The zero-order valence-electron chi connectivity index (χ0n) is 13.5. The van der Waals surface area contributed by atoms with Crippen molar-refractivity contribution in [1.82, 2.24) is 14.7 Å². The predicted octanol–water partition coefficient (Wildman–Crippen LogP) is 1.00. The molecule has 0 spiro atoms. The standard InChI is InChI=1S/C16H16F4N4O/c1-22-6-8-23(9-7-22)15(25)13-10-21-24(14(13)16(18,19)20)12-4-2-11(17)3-5-12/h2-5,10H,6-9H2,1H3/p+1. The summed E-state index contributed by atoms with van der Waals surface area (Å²) in [6.07, 6.45) is -3.84. The lowest BCUT2D eigenvalue weighted by molar-refractivity contribution is -0.883. The molecule has 1 amide bonds. The summed E-state index contributed by atoms with van der Waals surface area (Å²) in [5.41, 5.74) is -1.60. The summed E-state index contributed by atoms with van der Waals surface area (Å²) >= 11 is 0. The van der Waals surface area contributed by atoms with Crippen LogP contribution in [0.25, 0.3) is 5.69 Å². The SMILES string of the molecule is C[NH+]1CCN(C(=O)c2cnn(-c3ccc(F)cc3)c2C(F)(F)F)CC1. The first-order valence-electron chi connectivity index (χ1n) is 7.79. The van der Waals surface area contributed by atoms with Gasteiger partial charge in [-0.1, -0.05) is 0 Å². The van der Waals surface area contributed by atoms with Crippen LogP contribution in [-0.2, 0) is 6.18 Å². The van der Waals surface area contributed by atoms with Crippen LogP contribution in [0.15, 0.2) is 30.5 Å². The van der Waals surface area contributed by atoms with E-state index >= 15 is 0 Å². The van der Waals surface area contributed by atoms with E-state index in [1.54, 1.807) is 0 Å². The highest BCUT2D eigenvalue weighted by Gasteiger charge is 2.41. The summed E-state index contributed by atoms with van der Waals surface area (Å²) < 4.78 is 54.4. The maximum absolute atomic E-state index is 13.6. The molecule has 3 rings (SSSR count). The van der Waals surface area contributed by atoms with Crippen molar-refractivity contribution in [2.24, 2.45) is 0 Å². The summed E-state index contributed by atoms with van der Waals surface area (Å²) in [5, 5.41) is 3.73. The van der Waals surface area contributed by atoms with Gasteiger partial charge in [-0.3, -0.25) is 4.79 Å². The van der Waals surface area contributed by atoms with E-state index in [9.17, 15) is 22.4 Å². The molecule has 5 nitrogen and oxygen atoms in total. The fourth-order valence-corrected chi connectivity index (χ4v) is 2.82. The third-order valence-electron chi connectivity index (χ3n) is 4.24. The number of rotatable bonds is 2. The molecule has 1 aliphatic rings. The summed E-state index contributed by atoms with van der Waals surface area (Å²) in [5.74, 6) is -1.26. The van der Waals surface area contributed by atoms with E-state index in [-0.39, 0.29) is 5.69 Å². The molecule has 2 heterocycles. The first-order chi connectivity index (χ1) is 11.8. The molecule has 1 aromatic heterocycles. The van der Waals surface area contributed by atoms with E-state index in [2.05, 4.69) is 5.10 Å². The van der Waals surface area contributed by atoms with Crippen LogP contribution in [0.2, 0.25) is 0 Å². The number of quaternary nitrogens is 1. The van der Waals surface area contributed by atoms with Crippen LogP contribution >= 0.6 is 0 Å². The fraction of sp³-hybridized carbons (Fsp3) is 0.375. The molecule has 1 aliphatic heterocycles. The van der Waals surface area contributed by atoms with Crippen molar-refractivity contribution >= 4 is 5.91 Å². The van der Waals surface area contributed by atoms with Gasteiger partial charge in [0, 0.05) is 0 Å². The molecule has 1 fully saturated rings. The number of nitrogens with one attached hydrogen (secondary N) is 1. The number of nitrogens with zero attached hydrogens (tertiary/aromatic N) is 3. The normalized spacial score (nSPS) is 16.3. The van der Waals surface area contributed by atoms with Crippen LogP contribution in [0.4, 0.5) is 17.6 Å². The molecule has 1 saturated heterocycles. The van der Waals surface area contributed by atoms with Crippen molar-refractivity contribution in [2.45, 2.75) is 6.18 Å². The van der Waals surface area contributed by atoms with Crippen molar-refractivity contribution in [3.05, 3.63) is 47.5 Å². The van der Waals surface area contributed by atoms with E-state index in [4.69, 9.17) is 0 Å². The van der Waals surface area contributed by atoms with Crippen LogP contribution in [0.5, 0.6) is 0 Å². The number of alkyl halides is 3. The van der Waals surface area contributed by atoms with Crippen LogP contribution in [-0.4, -0.2) is 53.8 Å². The van der Waals surface area contributed by atoms with Gasteiger partial charge in [-0.2, -0.15) is 18.3 Å². The molecular weight excluding hydrogens is 340 g/mol. The average molecular weight is 357 g/mol. The number of hydrogen-bond acceptors (Lipinski definition) is 2. The van der Waals surface area contributed by atoms with Crippen LogP contribution < -0.4 is 4.90 Å². The van der Waals surface area contributed by atoms with Gasteiger partial charge < -0.3 is 9.80 Å². The molecule has 0 bridgehead atoms. The number of piperazine rings is 1. The Bertz CT molecular complexity index is 761. The van der Waals surface area contributed by atoms with Gasteiger partial charge in [0.25, 0.3) is 5.91 Å². The second-order valence-electron chi connectivity index (χ2n) is 6.04. The van der Waals surface area contributed by atoms with Crippen LogP contribution in [0.1, 0.15) is 16.1 Å². The Kier molecular flexibility index (Phi) is 4.51. The van der Waals surface area contributed by atoms with E-state index in [1.807, 2.05) is 7.05 Å². The van der Waals surface area contributed by atoms with Gasteiger partial charge >= 0.3 is 6.18 Å². The second kappa shape index (κ2) is 6.47. The zero-order chi connectivity index (χ0) is 18.2. The third-order valence-corrected chi connectivity index (χ3v) is 4.24. The Morgan fingerprint density at radius 2 is 1.76 bits per heavy atom. The highest BCUT2D eigenvalue weighted by atomic mass is 19.4. The van der Waals surface area contributed by atoms with E-state index in [0.717, 1.165) is 18.3 Å². The van der Waals surface area contributed by atoms with Gasteiger partial charge in [0.05, 0.1) is 50.7 Å². The monoisotopic (exact) mass is 357 g/mol. The summed E-state index contributed by atoms with van der Waals surface area (Å²) in [6.45, 7) is 2.14. The number of carbonyl (C=O) groups excluding carboxylic acids is 1. The molecule has 1 aromatic carbocycles. The lowest BCUT2D eigenvalue weighted by atomic mass is 10.2. The number of carbonyl (C=O) groups is 1. The highest BCUT2D eigenvalue weighted by molar-refractivity contribution is 5.95. The number of hydrogen-bond donors (Lipinski definition) is 1. The minimum atomic E-state index is -4.77. The Balaban J connectivity index is 2.00. The molecule has 0 aliphatic carbocycles. The van der Waals surface area contributed by atoms with Gasteiger partial charge in [-0.25, -0.2) is 9.07 Å². The largest absolute Gasteiger partial charge is 0.434 e. The molecule has 0 unspecified atom stereocenters. The first-order valence-corrected chi connectivity index (χ1v) is 7.79. The van der Waals surface area contributed by atoms with Gasteiger partial charge in [0.15, 0.2) is 5.69 Å². The smallest absolute Gasteiger partial charge is 0.334 e. The topological polar surface area (TPSA) is 42.6 Å². The molecule has 0 radical (unpaired) electrons. The summed E-state index contributed by atoms with van der Waals surface area (Å²) in [6, 6.07) is 4.46. The van der Waals surface area contributed by atoms with E-state index < -0.39 is 29.2 Å². The van der Waals surface area contributed by atoms with Gasteiger partial charge in [-0.15, -0.1) is 0 Å². The maximum atomic E-state index is 13.6. The molecular formula is C16H17F4N4O+. The van der Waals surface area contributed by atoms with Crippen LogP contribution in [0.3, 0.4) is 0 Å². The van der Waals surface area contributed by atoms with Crippen molar-refractivity contribution in [1.29, 1.82) is 0 Å². The lowest BCUT2D eigenvalue weighted by Crippen LogP contribution is -3.12.